The fourth-order valence-corrected chi connectivity index (χ4v) is 3.65. The summed E-state index contributed by atoms with van der Waals surface area (Å²) in [6, 6.07) is 0.0743. The van der Waals surface area contributed by atoms with Crippen LogP contribution in [0.4, 0.5) is 0 Å². The topological polar surface area (TPSA) is 61.8 Å². The lowest BCUT2D eigenvalue weighted by atomic mass is 10.1. The van der Waals surface area contributed by atoms with Crippen molar-refractivity contribution in [2.45, 2.75) is 32.4 Å². The van der Waals surface area contributed by atoms with E-state index in [4.69, 9.17) is 9.72 Å². The molecule has 0 radical (unpaired) electrons. The van der Waals surface area contributed by atoms with E-state index in [-0.39, 0.29) is 11.9 Å². The second kappa shape index (κ2) is 8.21. The molecule has 7 nitrogen and oxygen atoms in total. The Labute approximate surface area is 150 Å². The molecule has 0 bridgehead atoms. The van der Waals surface area contributed by atoms with E-state index in [9.17, 15) is 4.79 Å². The molecule has 0 N–H and O–H groups in total. The van der Waals surface area contributed by atoms with Crippen LogP contribution < -0.4 is 0 Å². The number of likely N-dealkylation sites (tertiary alicyclic amines) is 1. The summed E-state index contributed by atoms with van der Waals surface area (Å²) in [7, 11) is 4.08. The Morgan fingerprint density at radius 2 is 2.08 bits per heavy atom. The van der Waals surface area contributed by atoms with Crippen molar-refractivity contribution in [3.63, 3.8) is 0 Å². The highest BCUT2D eigenvalue weighted by Crippen LogP contribution is 2.33. The van der Waals surface area contributed by atoms with Crippen LogP contribution >= 0.6 is 0 Å². The number of ether oxygens (including phenoxy) is 1. The fourth-order valence-electron chi connectivity index (χ4n) is 3.65. The number of nitrogens with zero attached hydrogens (tertiary/aromatic N) is 5. The molecular weight excluding hydrogens is 318 g/mol. The van der Waals surface area contributed by atoms with Crippen LogP contribution in [0.2, 0.25) is 0 Å². The zero-order valence-electron chi connectivity index (χ0n) is 15.6. The van der Waals surface area contributed by atoms with Gasteiger partial charge in [0.05, 0.1) is 31.5 Å². The van der Waals surface area contributed by atoms with Gasteiger partial charge in [0.25, 0.3) is 0 Å². The lowest BCUT2D eigenvalue weighted by molar-refractivity contribution is -0.134. The Morgan fingerprint density at radius 1 is 1.32 bits per heavy atom. The van der Waals surface area contributed by atoms with Crippen LogP contribution in [-0.2, 0) is 16.1 Å². The molecule has 1 amide bonds. The number of carbonyl (C=O) groups is 1. The molecule has 0 saturated carbocycles. The summed E-state index contributed by atoms with van der Waals surface area (Å²) in [5, 5.41) is 0. The van der Waals surface area contributed by atoms with Crippen LogP contribution in [0.15, 0.2) is 6.20 Å². The maximum absolute atomic E-state index is 12.9. The lowest BCUT2D eigenvalue weighted by Crippen LogP contribution is -2.44. The van der Waals surface area contributed by atoms with Crippen molar-refractivity contribution in [2.24, 2.45) is 0 Å². The third-order valence-electron chi connectivity index (χ3n) is 4.86. The first-order valence-corrected chi connectivity index (χ1v) is 9.11. The molecule has 3 rings (SSSR count). The molecule has 2 aliphatic heterocycles. The van der Waals surface area contributed by atoms with E-state index in [1.165, 1.54) is 0 Å². The molecule has 2 saturated heterocycles. The summed E-state index contributed by atoms with van der Waals surface area (Å²) in [5.41, 5.74) is 2.14. The first-order valence-electron chi connectivity index (χ1n) is 9.11. The maximum atomic E-state index is 12.9. The van der Waals surface area contributed by atoms with Gasteiger partial charge in [-0.2, -0.15) is 0 Å². The molecule has 0 spiro atoms. The van der Waals surface area contributed by atoms with Crippen LogP contribution in [0.3, 0.4) is 0 Å². The number of hydrogen-bond donors (Lipinski definition) is 0. The molecule has 0 aromatic carbocycles. The minimum absolute atomic E-state index is 0.0743. The van der Waals surface area contributed by atoms with E-state index >= 15 is 0 Å². The van der Waals surface area contributed by atoms with Crippen molar-refractivity contribution in [1.82, 2.24) is 24.7 Å². The van der Waals surface area contributed by atoms with Gasteiger partial charge in [-0.15, -0.1) is 0 Å². The first kappa shape index (κ1) is 18.2. The van der Waals surface area contributed by atoms with E-state index in [0.717, 1.165) is 69.3 Å². The third kappa shape index (κ3) is 4.54. The largest absolute Gasteiger partial charge is 0.379 e. The van der Waals surface area contributed by atoms with Gasteiger partial charge in [0.1, 0.15) is 5.82 Å². The van der Waals surface area contributed by atoms with Crippen molar-refractivity contribution in [3.05, 3.63) is 23.3 Å². The Hall–Kier alpha value is -1.57. The Balaban J connectivity index is 1.76. The number of aromatic nitrogens is 2. The number of morpholine rings is 1. The minimum atomic E-state index is 0.0743. The minimum Gasteiger partial charge on any atom is -0.379 e. The molecule has 0 unspecified atom stereocenters. The predicted molar refractivity (Wildman–Crippen MR) is 95.1 cm³/mol. The van der Waals surface area contributed by atoms with Crippen LogP contribution in [0, 0.1) is 6.92 Å². The van der Waals surface area contributed by atoms with Crippen molar-refractivity contribution >= 4 is 5.91 Å². The van der Waals surface area contributed by atoms with Crippen molar-refractivity contribution in [2.75, 3.05) is 53.5 Å². The van der Waals surface area contributed by atoms with Crippen molar-refractivity contribution < 1.29 is 9.53 Å². The van der Waals surface area contributed by atoms with Gasteiger partial charge in [-0.05, 0) is 33.9 Å². The zero-order valence-corrected chi connectivity index (χ0v) is 15.6. The van der Waals surface area contributed by atoms with E-state index in [0.29, 0.717) is 6.54 Å². The van der Waals surface area contributed by atoms with E-state index in [1.54, 1.807) is 0 Å². The summed E-state index contributed by atoms with van der Waals surface area (Å²) in [6.45, 7) is 7.11. The molecule has 1 aromatic rings. The lowest BCUT2D eigenvalue weighted by Gasteiger charge is -2.31. The van der Waals surface area contributed by atoms with Gasteiger partial charge in [0.2, 0.25) is 5.91 Å². The highest BCUT2D eigenvalue weighted by molar-refractivity contribution is 5.79. The first-order chi connectivity index (χ1) is 12.0. The molecule has 138 valence electrons. The van der Waals surface area contributed by atoms with Crippen LogP contribution in [0.25, 0.3) is 0 Å². The SMILES string of the molecule is Cc1ncc(CN(C)C)c([C@H]2CCCN2C(=O)CN2CCOCC2)n1. The number of amides is 1. The summed E-state index contributed by atoms with van der Waals surface area (Å²) >= 11 is 0. The Kier molecular flexibility index (Phi) is 5.98. The molecule has 3 heterocycles. The van der Waals surface area contributed by atoms with Crippen LogP contribution in [0.5, 0.6) is 0 Å². The summed E-state index contributed by atoms with van der Waals surface area (Å²) in [6.07, 6.45) is 3.93. The molecule has 7 heteroatoms. The second-order valence-corrected chi connectivity index (χ2v) is 7.20. The zero-order chi connectivity index (χ0) is 17.8. The Morgan fingerprint density at radius 3 is 2.80 bits per heavy atom. The van der Waals surface area contributed by atoms with Gasteiger partial charge >= 0.3 is 0 Å². The van der Waals surface area contributed by atoms with Gasteiger partial charge in [-0.3, -0.25) is 9.69 Å². The molecule has 2 aliphatic rings. The molecule has 1 atom stereocenters. The number of aryl methyl sites for hydroxylation is 1. The normalized spacial score (nSPS) is 21.9. The number of rotatable bonds is 5. The second-order valence-electron chi connectivity index (χ2n) is 7.20. The van der Waals surface area contributed by atoms with E-state index in [1.807, 2.05) is 32.1 Å². The highest BCUT2D eigenvalue weighted by Gasteiger charge is 2.33. The predicted octanol–water partition coefficient (Wildman–Crippen LogP) is 0.842. The van der Waals surface area contributed by atoms with Gasteiger partial charge in [0, 0.05) is 37.9 Å². The molecule has 0 aliphatic carbocycles. The van der Waals surface area contributed by atoms with Crippen molar-refractivity contribution in [3.8, 4) is 0 Å². The van der Waals surface area contributed by atoms with Gasteiger partial charge in [-0.1, -0.05) is 0 Å². The van der Waals surface area contributed by atoms with Crippen LogP contribution in [-0.4, -0.2) is 84.1 Å². The average Bonchev–Trinajstić information content (AvgIpc) is 3.06. The van der Waals surface area contributed by atoms with E-state index in [2.05, 4.69) is 14.8 Å². The third-order valence-corrected chi connectivity index (χ3v) is 4.86. The average molecular weight is 347 g/mol. The maximum Gasteiger partial charge on any atom is 0.237 e. The monoisotopic (exact) mass is 347 g/mol. The Bertz CT molecular complexity index is 601. The summed E-state index contributed by atoms with van der Waals surface area (Å²) < 4.78 is 5.37. The molecule has 25 heavy (non-hydrogen) atoms. The summed E-state index contributed by atoms with van der Waals surface area (Å²) in [4.78, 5) is 28.3. The van der Waals surface area contributed by atoms with Gasteiger partial charge < -0.3 is 14.5 Å². The van der Waals surface area contributed by atoms with E-state index < -0.39 is 0 Å². The van der Waals surface area contributed by atoms with Gasteiger partial charge in [-0.25, -0.2) is 9.97 Å². The number of carbonyl (C=O) groups excluding carboxylic acids is 1. The fraction of sp³-hybridized carbons (Fsp3) is 0.722. The molecule has 1 aromatic heterocycles. The quantitative estimate of drug-likeness (QED) is 0.787. The van der Waals surface area contributed by atoms with Crippen molar-refractivity contribution in [1.29, 1.82) is 0 Å². The molecular formula is C18H29N5O2. The van der Waals surface area contributed by atoms with Gasteiger partial charge in [0.15, 0.2) is 0 Å². The molecule has 2 fully saturated rings. The standard InChI is InChI=1S/C18H29N5O2/c1-14-19-11-15(12-21(2)3)18(20-14)16-5-4-6-23(16)17(24)13-22-7-9-25-10-8-22/h11,16H,4-10,12-13H2,1-3H3/t16-/m1/s1. The van der Waals surface area contributed by atoms with Crippen LogP contribution in [0.1, 0.15) is 36.0 Å². The highest BCUT2D eigenvalue weighted by atomic mass is 16.5. The number of hydrogen-bond acceptors (Lipinski definition) is 6. The summed E-state index contributed by atoms with van der Waals surface area (Å²) in [5.74, 6) is 0.974. The smallest absolute Gasteiger partial charge is 0.237 e.